The van der Waals surface area contributed by atoms with Gasteiger partial charge in [-0.05, 0) is 31.5 Å². The van der Waals surface area contributed by atoms with Crippen LogP contribution < -0.4 is 5.32 Å². The summed E-state index contributed by atoms with van der Waals surface area (Å²) in [6.07, 6.45) is 6.36. The maximum atomic E-state index is 5.39. The lowest BCUT2D eigenvalue weighted by molar-refractivity contribution is 0.123. The second-order valence-corrected chi connectivity index (χ2v) is 7.84. The minimum absolute atomic E-state index is 0.837. The molecule has 0 saturated carbocycles. The Morgan fingerprint density at radius 1 is 1.00 bits per heavy atom. The van der Waals surface area contributed by atoms with E-state index >= 15 is 0 Å². The number of benzene rings is 1. The average molecular weight is 309 g/mol. The second kappa shape index (κ2) is 10.7. The predicted octanol–water partition coefficient (Wildman–Crippen LogP) is 2.95. The van der Waals surface area contributed by atoms with Gasteiger partial charge in [0.25, 0.3) is 0 Å². The highest BCUT2D eigenvalue weighted by Crippen LogP contribution is 2.14. The average Bonchev–Trinajstić information content (AvgIpc) is 2.55. The topological polar surface area (TPSA) is 39.7 Å². The summed E-state index contributed by atoms with van der Waals surface area (Å²) >= 11 is 0. The van der Waals surface area contributed by atoms with E-state index < -0.39 is 8.80 Å². The smallest absolute Gasteiger partial charge is 0.377 e. The van der Waals surface area contributed by atoms with Crippen molar-refractivity contribution in [3.63, 3.8) is 0 Å². The highest BCUT2D eigenvalue weighted by atomic mass is 28.4. The molecule has 1 aromatic carbocycles. The van der Waals surface area contributed by atoms with E-state index in [4.69, 9.17) is 13.3 Å². The second-order valence-electron chi connectivity index (χ2n) is 4.75. The normalized spacial score (nSPS) is 12.1. The molecule has 0 saturated heterocycles. The van der Waals surface area contributed by atoms with Gasteiger partial charge in [0.1, 0.15) is 0 Å². The van der Waals surface area contributed by atoms with E-state index in [0.29, 0.717) is 0 Å². The first-order chi connectivity index (χ1) is 10.3. The number of hydrogen-bond donors (Lipinski definition) is 1. The van der Waals surface area contributed by atoms with Crippen LogP contribution in [0, 0.1) is 0 Å². The largest absolute Gasteiger partial charge is 0.500 e. The van der Waals surface area contributed by atoms with Gasteiger partial charge in [0.05, 0.1) is 0 Å². The Kier molecular flexibility index (Phi) is 9.21. The van der Waals surface area contributed by atoms with Crippen molar-refractivity contribution in [2.75, 3.05) is 34.4 Å². The van der Waals surface area contributed by atoms with E-state index in [1.165, 1.54) is 5.56 Å². The van der Waals surface area contributed by atoms with Gasteiger partial charge in [0, 0.05) is 27.4 Å². The van der Waals surface area contributed by atoms with Crippen LogP contribution in [0.15, 0.2) is 36.4 Å². The molecule has 0 radical (unpaired) electrons. The van der Waals surface area contributed by atoms with E-state index in [9.17, 15) is 0 Å². The van der Waals surface area contributed by atoms with Crippen LogP contribution in [0.1, 0.15) is 18.4 Å². The Bertz CT molecular complexity index is 386. The molecule has 1 rings (SSSR count). The fraction of sp³-hybridized carbons (Fsp3) is 0.500. The highest BCUT2D eigenvalue weighted by molar-refractivity contribution is 6.60. The number of nitrogens with one attached hydrogen (secondary N) is 1. The molecule has 0 heterocycles. The maximum absolute atomic E-state index is 5.39. The van der Waals surface area contributed by atoms with Crippen molar-refractivity contribution in [1.82, 2.24) is 5.32 Å². The Balaban J connectivity index is 2.08. The lowest BCUT2D eigenvalue weighted by Crippen LogP contribution is -2.43. The van der Waals surface area contributed by atoms with Crippen LogP contribution in [0.5, 0.6) is 0 Å². The molecule has 0 aromatic heterocycles. The Hall–Kier alpha value is -0.983. The maximum Gasteiger partial charge on any atom is 0.500 e. The summed E-state index contributed by atoms with van der Waals surface area (Å²) in [6.45, 7) is 1.93. The molecule has 118 valence electrons. The van der Waals surface area contributed by atoms with E-state index in [2.05, 4.69) is 41.7 Å². The van der Waals surface area contributed by atoms with Crippen LogP contribution >= 0.6 is 0 Å². The molecular weight excluding hydrogens is 282 g/mol. The Labute approximate surface area is 129 Å². The zero-order chi connectivity index (χ0) is 15.4. The zero-order valence-corrected chi connectivity index (χ0v) is 14.3. The van der Waals surface area contributed by atoms with E-state index in [0.717, 1.165) is 32.0 Å². The van der Waals surface area contributed by atoms with Crippen LogP contribution in [-0.4, -0.2) is 43.2 Å². The van der Waals surface area contributed by atoms with Crippen molar-refractivity contribution in [2.45, 2.75) is 18.9 Å². The van der Waals surface area contributed by atoms with Crippen molar-refractivity contribution in [2.24, 2.45) is 0 Å². The molecule has 0 atom stereocenters. The minimum atomic E-state index is -2.39. The molecule has 0 fully saturated rings. The molecule has 4 nitrogen and oxygen atoms in total. The molecule has 5 heteroatoms. The highest BCUT2D eigenvalue weighted by Gasteiger charge is 2.36. The first kappa shape index (κ1) is 18.1. The summed E-state index contributed by atoms with van der Waals surface area (Å²) in [5, 5.41) is 3.42. The lowest BCUT2D eigenvalue weighted by atomic mass is 10.2. The molecule has 0 bridgehead atoms. The molecular formula is C16H27NO3Si. The number of hydrogen-bond acceptors (Lipinski definition) is 4. The molecule has 21 heavy (non-hydrogen) atoms. The van der Waals surface area contributed by atoms with Crippen LogP contribution in [0.4, 0.5) is 0 Å². The third-order valence-corrected chi connectivity index (χ3v) is 6.20. The van der Waals surface area contributed by atoms with Gasteiger partial charge >= 0.3 is 8.80 Å². The van der Waals surface area contributed by atoms with Gasteiger partial charge in [-0.3, -0.25) is 0 Å². The van der Waals surface area contributed by atoms with Gasteiger partial charge in [-0.1, -0.05) is 42.5 Å². The van der Waals surface area contributed by atoms with E-state index in [1.807, 2.05) is 6.07 Å². The van der Waals surface area contributed by atoms with Gasteiger partial charge in [0.2, 0.25) is 0 Å². The van der Waals surface area contributed by atoms with Crippen molar-refractivity contribution in [1.29, 1.82) is 0 Å². The lowest BCUT2D eigenvalue weighted by Gasteiger charge is -2.24. The molecule has 0 amide bonds. The van der Waals surface area contributed by atoms with E-state index in [-0.39, 0.29) is 0 Å². The van der Waals surface area contributed by atoms with Gasteiger partial charge in [-0.15, -0.1) is 0 Å². The van der Waals surface area contributed by atoms with Crippen molar-refractivity contribution in [3.05, 3.63) is 42.0 Å². The predicted molar refractivity (Wildman–Crippen MR) is 89.2 cm³/mol. The molecule has 0 aliphatic carbocycles. The van der Waals surface area contributed by atoms with Crippen LogP contribution in [0.3, 0.4) is 0 Å². The van der Waals surface area contributed by atoms with Crippen LogP contribution in [0.25, 0.3) is 6.08 Å². The van der Waals surface area contributed by atoms with Gasteiger partial charge in [0.15, 0.2) is 0 Å². The van der Waals surface area contributed by atoms with Crippen molar-refractivity contribution < 1.29 is 13.3 Å². The monoisotopic (exact) mass is 309 g/mol. The van der Waals surface area contributed by atoms with Gasteiger partial charge in [-0.25, -0.2) is 0 Å². The van der Waals surface area contributed by atoms with Gasteiger partial charge < -0.3 is 18.6 Å². The summed E-state index contributed by atoms with van der Waals surface area (Å²) in [5.41, 5.74) is 1.24. The summed E-state index contributed by atoms with van der Waals surface area (Å²) in [4.78, 5) is 0. The fourth-order valence-electron chi connectivity index (χ4n) is 2.08. The number of rotatable bonds is 11. The third-order valence-electron chi connectivity index (χ3n) is 3.37. The summed E-state index contributed by atoms with van der Waals surface area (Å²) in [6, 6.07) is 11.2. The van der Waals surface area contributed by atoms with Crippen LogP contribution in [-0.2, 0) is 13.3 Å². The molecule has 1 aromatic rings. The summed E-state index contributed by atoms with van der Waals surface area (Å²) in [5.74, 6) is 0. The first-order valence-electron chi connectivity index (χ1n) is 7.34. The molecule has 0 unspecified atom stereocenters. The summed E-state index contributed by atoms with van der Waals surface area (Å²) in [7, 11) is 2.57. The molecule has 1 N–H and O–H groups in total. The Morgan fingerprint density at radius 2 is 1.67 bits per heavy atom. The zero-order valence-electron chi connectivity index (χ0n) is 13.3. The molecule has 0 aliphatic rings. The first-order valence-corrected chi connectivity index (χ1v) is 9.27. The quantitative estimate of drug-likeness (QED) is 0.504. The summed E-state index contributed by atoms with van der Waals surface area (Å²) < 4.78 is 16.2. The molecule has 0 spiro atoms. The van der Waals surface area contributed by atoms with Crippen molar-refractivity contribution in [3.8, 4) is 0 Å². The van der Waals surface area contributed by atoms with Crippen LogP contribution in [0.2, 0.25) is 6.04 Å². The Morgan fingerprint density at radius 3 is 2.29 bits per heavy atom. The molecule has 0 aliphatic heterocycles. The standard InChI is InChI=1S/C16H27NO3Si/c1-18-21(19-2,20-3)15-9-14-17-13-8-7-12-16-10-5-4-6-11-16/h4-7,10-12,17H,8-9,13-15H2,1-3H3. The fourth-order valence-corrected chi connectivity index (χ4v) is 3.80. The third kappa shape index (κ3) is 7.02. The van der Waals surface area contributed by atoms with Crippen molar-refractivity contribution >= 4 is 14.9 Å². The SMILES string of the molecule is CO[Si](CCCNCCC=Cc1ccccc1)(OC)OC. The van der Waals surface area contributed by atoms with E-state index in [1.54, 1.807) is 21.3 Å². The minimum Gasteiger partial charge on any atom is -0.377 e. The van der Waals surface area contributed by atoms with Gasteiger partial charge in [-0.2, -0.15) is 0 Å².